The molecule has 1 N–H and O–H groups in total. The van der Waals surface area contributed by atoms with Gasteiger partial charge >= 0.3 is 0 Å². The minimum Gasteiger partial charge on any atom is -0.357 e. The van der Waals surface area contributed by atoms with Gasteiger partial charge in [-0.15, -0.1) is 0 Å². The Balaban J connectivity index is 1.87. The molecule has 39 heavy (non-hydrogen) atoms. The van der Waals surface area contributed by atoms with Crippen LogP contribution in [0.15, 0.2) is 72.8 Å². The number of likely N-dealkylation sites (N-methyl/N-ethyl adjacent to an activating group) is 1. The number of anilines is 1. The van der Waals surface area contributed by atoms with E-state index in [1.165, 1.54) is 10.6 Å². The van der Waals surface area contributed by atoms with Gasteiger partial charge in [-0.1, -0.05) is 72.3 Å². The molecule has 3 aromatic rings. The summed E-state index contributed by atoms with van der Waals surface area (Å²) in [6.07, 6.45) is 1.84. The summed E-state index contributed by atoms with van der Waals surface area (Å²) in [4.78, 5) is 28.4. The Hall–Kier alpha value is -3.36. The third-order valence-corrected chi connectivity index (χ3v) is 8.36. The van der Waals surface area contributed by atoms with Gasteiger partial charge in [-0.25, -0.2) is 8.42 Å². The monoisotopic (exact) mass is 569 g/mol. The molecular formula is C30H36ClN3O4S. The van der Waals surface area contributed by atoms with E-state index >= 15 is 0 Å². The number of hydrogen-bond acceptors (Lipinski definition) is 4. The topological polar surface area (TPSA) is 86.8 Å². The summed E-state index contributed by atoms with van der Waals surface area (Å²) in [6, 6.07) is 21.5. The van der Waals surface area contributed by atoms with Crippen LogP contribution in [-0.4, -0.2) is 51.0 Å². The fourth-order valence-electron chi connectivity index (χ4n) is 4.52. The van der Waals surface area contributed by atoms with Crippen LogP contribution in [-0.2, 0) is 32.6 Å². The summed E-state index contributed by atoms with van der Waals surface area (Å²) < 4.78 is 26.7. The summed E-state index contributed by atoms with van der Waals surface area (Å²) in [7, 11) is -2.03. The van der Waals surface area contributed by atoms with Crippen LogP contribution >= 0.6 is 11.6 Å². The number of nitrogens with zero attached hydrogens (tertiary/aromatic N) is 2. The molecule has 2 amide bonds. The van der Waals surface area contributed by atoms with E-state index in [0.717, 1.165) is 22.3 Å². The largest absolute Gasteiger partial charge is 0.357 e. The maximum Gasteiger partial charge on any atom is 0.242 e. The molecule has 3 aromatic carbocycles. The van der Waals surface area contributed by atoms with Gasteiger partial charge in [-0.05, 0) is 54.7 Å². The maximum atomic E-state index is 13.7. The first-order valence-corrected chi connectivity index (χ1v) is 15.1. The van der Waals surface area contributed by atoms with Crippen molar-refractivity contribution in [1.29, 1.82) is 0 Å². The van der Waals surface area contributed by atoms with Crippen molar-refractivity contribution in [1.82, 2.24) is 10.2 Å². The van der Waals surface area contributed by atoms with Crippen LogP contribution in [0.1, 0.15) is 35.1 Å². The number of benzene rings is 3. The highest BCUT2D eigenvalue weighted by Gasteiger charge is 2.30. The molecule has 0 unspecified atom stereocenters. The summed E-state index contributed by atoms with van der Waals surface area (Å²) in [5.74, 6) is -0.540. The molecule has 9 heteroatoms. The van der Waals surface area contributed by atoms with Gasteiger partial charge in [0.15, 0.2) is 0 Å². The second-order valence-corrected chi connectivity index (χ2v) is 11.9. The predicted octanol–water partition coefficient (Wildman–Crippen LogP) is 4.89. The van der Waals surface area contributed by atoms with E-state index in [-0.39, 0.29) is 37.7 Å². The van der Waals surface area contributed by atoms with Crippen molar-refractivity contribution in [2.45, 2.75) is 45.7 Å². The van der Waals surface area contributed by atoms with E-state index in [4.69, 9.17) is 11.6 Å². The Morgan fingerprint density at radius 3 is 2.26 bits per heavy atom. The SMILES string of the molecule is CNC(=O)[C@@H](Cc1ccccc1)N(Cc1ccccc1Cl)C(=O)CCCN(c1cccc(C)c1C)S(C)(=O)=O. The number of rotatable bonds is 12. The van der Waals surface area contributed by atoms with Crippen LogP contribution < -0.4 is 9.62 Å². The molecule has 208 valence electrons. The Bertz CT molecular complexity index is 1400. The summed E-state index contributed by atoms with van der Waals surface area (Å²) in [5, 5.41) is 3.20. The normalized spacial score (nSPS) is 12.0. The number of nitrogens with one attached hydrogen (secondary N) is 1. The van der Waals surface area contributed by atoms with E-state index in [0.29, 0.717) is 17.1 Å². The number of amides is 2. The molecule has 0 spiro atoms. The van der Waals surface area contributed by atoms with E-state index in [1.807, 2.05) is 74.5 Å². The quantitative estimate of drug-likeness (QED) is 0.336. The van der Waals surface area contributed by atoms with Crippen molar-refractivity contribution >= 4 is 39.1 Å². The Kier molecular flexibility index (Phi) is 10.5. The predicted molar refractivity (Wildman–Crippen MR) is 157 cm³/mol. The van der Waals surface area contributed by atoms with Crippen LogP contribution in [0.25, 0.3) is 0 Å². The average molecular weight is 570 g/mol. The Labute approximate surface area is 236 Å². The van der Waals surface area contributed by atoms with Gasteiger partial charge in [0.05, 0.1) is 11.9 Å². The highest BCUT2D eigenvalue weighted by Crippen LogP contribution is 2.26. The average Bonchev–Trinajstić information content (AvgIpc) is 2.91. The minimum atomic E-state index is -3.58. The second kappa shape index (κ2) is 13.6. The van der Waals surface area contributed by atoms with Gasteiger partial charge in [0.1, 0.15) is 6.04 Å². The van der Waals surface area contributed by atoms with Crippen LogP contribution in [0.4, 0.5) is 5.69 Å². The van der Waals surface area contributed by atoms with Crippen molar-refractivity contribution in [2.24, 2.45) is 0 Å². The number of hydrogen-bond donors (Lipinski definition) is 1. The lowest BCUT2D eigenvalue weighted by Gasteiger charge is -2.32. The van der Waals surface area contributed by atoms with Crippen LogP contribution in [0, 0.1) is 13.8 Å². The summed E-state index contributed by atoms with van der Waals surface area (Å²) in [6.45, 7) is 4.10. The zero-order valence-electron chi connectivity index (χ0n) is 22.9. The molecule has 0 aliphatic carbocycles. The first-order chi connectivity index (χ1) is 18.5. The molecule has 0 radical (unpaired) electrons. The highest BCUT2D eigenvalue weighted by molar-refractivity contribution is 7.92. The smallest absolute Gasteiger partial charge is 0.242 e. The van der Waals surface area contributed by atoms with Crippen molar-refractivity contribution in [2.75, 3.05) is 24.2 Å². The molecule has 0 bridgehead atoms. The molecule has 3 rings (SSSR count). The molecule has 0 heterocycles. The van der Waals surface area contributed by atoms with E-state index in [9.17, 15) is 18.0 Å². The maximum absolute atomic E-state index is 13.7. The van der Waals surface area contributed by atoms with Gasteiger partial charge in [0.25, 0.3) is 0 Å². The molecular weight excluding hydrogens is 534 g/mol. The van der Waals surface area contributed by atoms with Crippen LogP contribution in [0.5, 0.6) is 0 Å². The molecule has 0 fully saturated rings. The molecule has 0 saturated carbocycles. The number of sulfonamides is 1. The van der Waals surface area contributed by atoms with Gasteiger partial charge in [0, 0.05) is 38.0 Å². The minimum absolute atomic E-state index is 0.0591. The number of halogens is 1. The van der Waals surface area contributed by atoms with Gasteiger partial charge in [-0.3, -0.25) is 13.9 Å². The van der Waals surface area contributed by atoms with Crippen LogP contribution in [0.3, 0.4) is 0 Å². The highest BCUT2D eigenvalue weighted by atomic mass is 35.5. The number of carbonyl (C=O) groups excluding carboxylic acids is 2. The first-order valence-electron chi connectivity index (χ1n) is 12.8. The summed E-state index contributed by atoms with van der Waals surface area (Å²) >= 11 is 6.43. The number of aryl methyl sites for hydroxylation is 1. The Morgan fingerprint density at radius 2 is 1.62 bits per heavy atom. The lowest BCUT2D eigenvalue weighted by Crippen LogP contribution is -2.49. The van der Waals surface area contributed by atoms with Gasteiger partial charge < -0.3 is 10.2 Å². The van der Waals surface area contributed by atoms with Gasteiger partial charge in [0.2, 0.25) is 21.8 Å². The summed E-state index contributed by atoms with van der Waals surface area (Å²) in [5.41, 5.74) is 4.10. The molecule has 0 aliphatic heterocycles. The first kappa shape index (κ1) is 30.2. The molecule has 0 aliphatic rings. The zero-order chi connectivity index (χ0) is 28.6. The van der Waals surface area contributed by atoms with Crippen LogP contribution in [0.2, 0.25) is 5.02 Å². The fraction of sp³-hybridized carbons (Fsp3) is 0.333. The van der Waals surface area contributed by atoms with E-state index in [2.05, 4.69) is 5.32 Å². The van der Waals surface area contributed by atoms with Gasteiger partial charge in [-0.2, -0.15) is 0 Å². The molecule has 1 atom stereocenters. The lowest BCUT2D eigenvalue weighted by atomic mass is 10.0. The zero-order valence-corrected chi connectivity index (χ0v) is 24.4. The van der Waals surface area contributed by atoms with Crippen molar-refractivity contribution in [3.05, 3.63) is 100 Å². The fourth-order valence-corrected chi connectivity index (χ4v) is 5.73. The Morgan fingerprint density at radius 1 is 0.949 bits per heavy atom. The molecule has 0 saturated heterocycles. The standard InChI is InChI=1S/C30H36ClN3O4S/c1-22-12-10-17-27(23(22)2)34(39(4,37)38)19-11-18-29(35)33(21-25-15-8-9-16-26(25)31)28(30(36)32-3)20-24-13-6-5-7-14-24/h5-10,12-17,28H,11,18-21H2,1-4H3,(H,32,36)/t28-/m1/s1. The van der Waals surface area contributed by atoms with Crippen molar-refractivity contribution < 1.29 is 18.0 Å². The van der Waals surface area contributed by atoms with Crippen molar-refractivity contribution in [3.8, 4) is 0 Å². The lowest BCUT2D eigenvalue weighted by molar-refractivity contribution is -0.141. The third-order valence-electron chi connectivity index (χ3n) is 6.81. The molecule has 7 nitrogen and oxygen atoms in total. The van der Waals surface area contributed by atoms with E-state index < -0.39 is 16.1 Å². The van der Waals surface area contributed by atoms with E-state index in [1.54, 1.807) is 24.1 Å². The second-order valence-electron chi connectivity index (χ2n) is 9.59. The molecule has 0 aromatic heterocycles. The number of carbonyl (C=O) groups is 2. The third kappa shape index (κ3) is 8.07. The van der Waals surface area contributed by atoms with Crippen molar-refractivity contribution in [3.63, 3.8) is 0 Å².